The van der Waals surface area contributed by atoms with Crippen molar-refractivity contribution in [3.8, 4) is 0 Å². The van der Waals surface area contributed by atoms with E-state index >= 15 is 0 Å². The van der Waals surface area contributed by atoms with Crippen LogP contribution in [-0.4, -0.2) is 11.8 Å². The van der Waals surface area contributed by atoms with E-state index in [9.17, 15) is 4.79 Å². The molecule has 1 atom stereocenters. The minimum Gasteiger partial charge on any atom is -0.338 e. The molecule has 1 aliphatic heterocycles. The molecule has 3 heteroatoms. The maximum Gasteiger partial charge on any atom is 0.161 e. The molecular weight excluding hydrogens is 270 g/mol. The predicted octanol–water partition coefficient (Wildman–Crippen LogP) is 4.63. The van der Waals surface area contributed by atoms with Gasteiger partial charge in [-0.15, -0.1) is 0 Å². The van der Waals surface area contributed by atoms with E-state index in [-0.39, 0.29) is 5.78 Å². The standard InChI is InChI=1S/C17H16ClNO/c1-11-9-13-5-3-4-6-17(13)19(11)14-7-8-15(12(2)20)16(18)10-14/h3-8,10-11H,9H2,1-2H3. The number of anilines is 2. The number of nitrogens with zero attached hydrogens (tertiary/aromatic N) is 1. The normalized spacial score (nSPS) is 17.1. The smallest absolute Gasteiger partial charge is 0.161 e. The molecule has 0 aliphatic carbocycles. The molecular formula is C17H16ClNO. The summed E-state index contributed by atoms with van der Waals surface area (Å²) in [5.41, 5.74) is 4.20. The fraction of sp³-hybridized carbons (Fsp3) is 0.235. The van der Waals surface area contributed by atoms with Crippen LogP contribution in [-0.2, 0) is 6.42 Å². The largest absolute Gasteiger partial charge is 0.338 e. The number of Topliss-reactive ketones (excluding diaryl/α,β-unsaturated/α-hetero) is 1. The Kier molecular flexibility index (Phi) is 3.27. The van der Waals surface area contributed by atoms with Gasteiger partial charge in [0.25, 0.3) is 0 Å². The third-order valence-corrected chi connectivity index (χ3v) is 4.13. The van der Waals surface area contributed by atoms with Crippen molar-refractivity contribution in [1.82, 2.24) is 0 Å². The Morgan fingerprint density at radius 2 is 2.00 bits per heavy atom. The van der Waals surface area contributed by atoms with Crippen LogP contribution in [0.3, 0.4) is 0 Å². The molecule has 102 valence electrons. The summed E-state index contributed by atoms with van der Waals surface area (Å²) in [5, 5.41) is 0.520. The Bertz CT molecular complexity index is 680. The van der Waals surface area contributed by atoms with Crippen molar-refractivity contribution < 1.29 is 4.79 Å². The molecule has 0 saturated carbocycles. The quantitative estimate of drug-likeness (QED) is 0.750. The third kappa shape index (κ3) is 2.10. The molecule has 0 bridgehead atoms. The molecule has 0 spiro atoms. The van der Waals surface area contributed by atoms with E-state index in [2.05, 4.69) is 36.1 Å². The predicted molar refractivity (Wildman–Crippen MR) is 83.2 cm³/mol. The summed E-state index contributed by atoms with van der Waals surface area (Å²) in [4.78, 5) is 13.7. The fourth-order valence-corrected chi connectivity index (χ4v) is 3.21. The molecule has 0 amide bonds. The van der Waals surface area contributed by atoms with Gasteiger partial charge in [-0.3, -0.25) is 4.79 Å². The minimum absolute atomic E-state index is 0.00331. The van der Waals surface area contributed by atoms with Crippen LogP contribution in [0.15, 0.2) is 42.5 Å². The molecule has 1 aliphatic rings. The third-order valence-electron chi connectivity index (χ3n) is 3.82. The molecule has 2 aromatic carbocycles. The summed E-state index contributed by atoms with van der Waals surface area (Å²) in [6.07, 6.45) is 1.03. The first kappa shape index (κ1) is 13.2. The van der Waals surface area contributed by atoms with Crippen molar-refractivity contribution in [2.75, 3.05) is 4.90 Å². The fourth-order valence-electron chi connectivity index (χ4n) is 2.90. The number of carbonyl (C=O) groups is 1. The van der Waals surface area contributed by atoms with Gasteiger partial charge in [0.15, 0.2) is 5.78 Å². The van der Waals surface area contributed by atoms with Crippen LogP contribution in [0.5, 0.6) is 0 Å². The molecule has 2 nitrogen and oxygen atoms in total. The summed E-state index contributed by atoms with van der Waals surface area (Å²) >= 11 is 6.23. The molecule has 0 aromatic heterocycles. The van der Waals surface area contributed by atoms with Gasteiger partial charge in [0.2, 0.25) is 0 Å². The number of halogens is 1. The van der Waals surface area contributed by atoms with Gasteiger partial charge < -0.3 is 4.90 Å². The van der Waals surface area contributed by atoms with E-state index in [4.69, 9.17) is 11.6 Å². The summed E-state index contributed by atoms with van der Waals surface area (Å²) in [6, 6.07) is 14.5. The van der Waals surface area contributed by atoms with E-state index in [0.29, 0.717) is 16.6 Å². The van der Waals surface area contributed by atoms with Crippen molar-refractivity contribution in [1.29, 1.82) is 0 Å². The van der Waals surface area contributed by atoms with Gasteiger partial charge in [0.1, 0.15) is 0 Å². The van der Waals surface area contributed by atoms with Gasteiger partial charge in [0.05, 0.1) is 5.02 Å². The van der Waals surface area contributed by atoms with Crippen molar-refractivity contribution in [2.24, 2.45) is 0 Å². The second-order valence-corrected chi connectivity index (χ2v) is 5.68. The van der Waals surface area contributed by atoms with Gasteiger partial charge in [-0.2, -0.15) is 0 Å². The lowest BCUT2D eigenvalue weighted by atomic mass is 10.1. The monoisotopic (exact) mass is 285 g/mol. The van der Waals surface area contributed by atoms with Gasteiger partial charge in [-0.05, 0) is 50.1 Å². The van der Waals surface area contributed by atoms with Crippen molar-refractivity contribution in [2.45, 2.75) is 26.3 Å². The Morgan fingerprint density at radius 1 is 1.25 bits per heavy atom. The summed E-state index contributed by atoms with van der Waals surface area (Å²) in [5.74, 6) is -0.00331. The zero-order chi connectivity index (χ0) is 14.3. The lowest BCUT2D eigenvalue weighted by molar-refractivity contribution is 0.101. The SMILES string of the molecule is CC(=O)c1ccc(N2c3ccccc3CC2C)cc1Cl. The topological polar surface area (TPSA) is 20.3 Å². The van der Waals surface area contributed by atoms with E-state index in [1.54, 1.807) is 0 Å². The van der Waals surface area contributed by atoms with Crippen LogP contribution in [0.4, 0.5) is 11.4 Å². The Labute approximate surface area is 124 Å². The molecule has 20 heavy (non-hydrogen) atoms. The average molecular weight is 286 g/mol. The molecule has 0 N–H and O–H groups in total. The second kappa shape index (κ2) is 4.95. The molecule has 0 saturated heterocycles. The highest BCUT2D eigenvalue weighted by atomic mass is 35.5. The maximum atomic E-state index is 11.5. The van der Waals surface area contributed by atoms with Crippen molar-refractivity contribution in [3.63, 3.8) is 0 Å². The number of hydrogen-bond donors (Lipinski definition) is 0. The summed E-state index contributed by atoms with van der Waals surface area (Å²) in [7, 11) is 0. The minimum atomic E-state index is -0.00331. The van der Waals surface area contributed by atoms with E-state index in [1.165, 1.54) is 18.2 Å². The summed E-state index contributed by atoms with van der Waals surface area (Å²) in [6.45, 7) is 3.74. The first-order valence-electron chi connectivity index (χ1n) is 6.75. The first-order valence-corrected chi connectivity index (χ1v) is 7.13. The molecule has 0 radical (unpaired) electrons. The lowest BCUT2D eigenvalue weighted by Crippen LogP contribution is -2.23. The molecule has 1 unspecified atom stereocenters. The van der Waals surface area contributed by atoms with Gasteiger partial charge in [0, 0.05) is 23.0 Å². The van der Waals surface area contributed by atoms with E-state index in [0.717, 1.165) is 12.1 Å². The maximum absolute atomic E-state index is 11.5. The number of para-hydroxylation sites is 1. The number of rotatable bonds is 2. The second-order valence-electron chi connectivity index (χ2n) is 5.27. The molecule has 2 aromatic rings. The Balaban J connectivity index is 2.06. The van der Waals surface area contributed by atoms with Gasteiger partial charge in [-0.1, -0.05) is 29.8 Å². The highest BCUT2D eigenvalue weighted by Crippen LogP contribution is 2.39. The molecule has 0 fully saturated rings. The van der Waals surface area contributed by atoms with Gasteiger partial charge >= 0.3 is 0 Å². The number of carbonyl (C=O) groups excluding carboxylic acids is 1. The number of benzene rings is 2. The van der Waals surface area contributed by atoms with Crippen molar-refractivity contribution in [3.05, 3.63) is 58.6 Å². The number of fused-ring (bicyclic) bond motifs is 1. The Morgan fingerprint density at radius 3 is 2.70 bits per heavy atom. The average Bonchev–Trinajstić information content (AvgIpc) is 2.73. The number of ketones is 1. The zero-order valence-corrected chi connectivity index (χ0v) is 12.3. The zero-order valence-electron chi connectivity index (χ0n) is 11.6. The van der Waals surface area contributed by atoms with Crippen LogP contribution in [0.1, 0.15) is 29.8 Å². The first-order chi connectivity index (χ1) is 9.58. The van der Waals surface area contributed by atoms with Crippen LogP contribution in [0.25, 0.3) is 0 Å². The number of hydrogen-bond acceptors (Lipinski definition) is 2. The summed E-state index contributed by atoms with van der Waals surface area (Å²) < 4.78 is 0. The molecule has 3 rings (SSSR count). The van der Waals surface area contributed by atoms with E-state index in [1.807, 2.05) is 18.2 Å². The van der Waals surface area contributed by atoms with E-state index < -0.39 is 0 Å². The van der Waals surface area contributed by atoms with Crippen LogP contribution < -0.4 is 4.90 Å². The highest BCUT2D eigenvalue weighted by molar-refractivity contribution is 6.34. The van der Waals surface area contributed by atoms with Crippen molar-refractivity contribution >= 4 is 28.8 Å². The Hall–Kier alpha value is -1.80. The lowest BCUT2D eigenvalue weighted by Gasteiger charge is -2.25. The van der Waals surface area contributed by atoms with Crippen LogP contribution in [0.2, 0.25) is 5.02 Å². The molecule has 1 heterocycles. The van der Waals surface area contributed by atoms with Crippen LogP contribution >= 0.6 is 11.6 Å². The van der Waals surface area contributed by atoms with Gasteiger partial charge in [-0.25, -0.2) is 0 Å². The van der Waals surface area contributed by atoms with Crippen LogP contribution in [0, 0.1) is 0 Å². The highest BCUT2D eigenvalue weighted by Gasteiger charge is 2.27.